The van der Waals surface area contributed by atoms with E-state index in [1.165, 1.54) is 0 Å². The number of rotatable bonds is 7. The Bertz CT molecular complexity index is 703. The Morgan fingerprint density at radius 1 is 1.44 bits per heavy atom. The lowest BCUT2D eigenvalue weighted by Crippen LogP contribution is -2.39. The molecule has 2 unspecified atom stereocenters. The van der Waals surface area contributed by atoms with Crippen LogP contribution in [0.3, 0.4) is 0 Å². The first-order valence-corrected chi connectivity index (χ1v) is 8.68. The minimum atomic E-state index is -0.378. The summed E-state index contributed by atoms with van der Waals surface area (Å²) in [4.78, 5) is 20.8. The number of nitrogens with zero attached hydrogens (tertiary/aromatic N) is 4. The summed E-state index contributed by atoms with van der Waals surface area (Å²) >= 11 is 0. The summed E-state index contributed by atoms with van der Waals surface area (Å²) in [5.74, 6) is 1.06. The van der Waals surface area contributed by atoms with Gasteiger partial charge < -0.3 is 10.3 Å². The number of aryl methyl sites for hydroxylation is 1. The molecule has 1 amide bonds. The summed E-state index contributed by atoms with van der Waals surface area (Å²) in [6.07, 6.45) is 1.72. The highest BCUT2D eigenvalue weighted by Gasteiger charge is 2.34. The second kappa shape index (κ2) is 7.76. The van der Waals surface area contributed by atoms with E-state index in [9.17, 15) is 4.79 Å². The maximum atomic E-state index is 12.0. The van der Waals surface area contributed by atoms with Crippen LogP contribution in [-0.4, -0.2) is 52.0 Å². The van der Waals surface area contributed by atoms with Gasteiger partial charge in [0.2, 0.25) is 11.8 Å². The van der Waals surface area contributed by atoms with Crippen molar-refractivity contribution in [2.75, 3.05) is 20.1 Å². The molecule has 134 valence electrons. The SMILES string of the molecule is CCc1nc(CN(C)C2CCN(C(C(N)=O)c3ccccc3)C2)no1. The van der Waals surface area contributed by atoms with Gasteiger partial charge in [0.05, 0.1) is 6.54 Å². The molecule has 1 aliphatic heterocycles. The molecule has 1 saturated heterocycles. The van der Waals surface area contributed by atoms with Crippen LogP contribution in [0.4, 0.5) is 0 Å². The van der Waals surface area contributed by atoms with Crippen LogP contribution in [0.2, 0.25) is 0 Å². The van der Waals surface area contributed by atoms with Crippen molar-refractivity contribution in [2.45, 2.75) is 38.4 Å². The van der Waals surface area contributed by atoms with Crippen molar-refractivity contribution in [3.63, 3.8) is 0 Å². The summed E-state index contributed by atoms with van der Waals surface area (Å²) < 4.78 is 5.17. The van der Waals surface area contributed by atoms with Crippen molar-refractivity contribution in [2.24, 2.45) is 5.73 Å². The van der Waals surface area contributed by atoms with E-state index in [1.807, 2.05) is 37.3 Å². The van der Waals surface area contributed by atoms with E-state index in [1.54, 1.807) is 0 Å². The second-order valence-electron chi connectivity index (χ2n) is 6.53. The van der Waals surface area contributed by atoms with Gasteiger partial charge in [0.15, 0.2) is 5.82 Å². The number of nitrogens with two attached hydrogens (primary N) is 1. The minimum Gasteiger partial charge on any atom is -0.368 e. The molecule has 0 bridgehead atoms. The average Bonchev–Trinajstić information content (AvgIpc) is 3.25. The van der Waals surface area contributed by atoms with Crippen LogP contribution in [0.1, 0.15) is 36.7 Å². The highest BCUT2D eigenvalue weighted by Crippen LogP contribution is 2.27. The molecule has 0 radical (unpaired) electrons. The molecule has 1 aromatic heterocycles. The van der Waals surface area contributed by atoms with Crippen LogP contribution in [0.15, 0.2) is 34.9 Å². The third-order valence-electron chi connectivity index (χ3n) is 4.77. The maximum Gasteiger partial charge on any atom is 0.239 e. The highest BCUT2D eigenvalue weighted by atomic mass is 16.5. The van der Waals surface area contributed by atoms with E-state index in [4.69, 9.17) is 10.3 Å². The minimum absolute atomic E-state index is 0.305. The smallest absolute Gasteiger partial charge is 0.239 e. The molecule has 3 rings (SSSR count). The van der Waals surface area contributed by atoms with Gasteiger partial charge in [0.1, 0.15) is 6.04 Å². The summed E-state index contributed by atoms with van der Waals surface area (Å²) in [6.45, 7) is 4.25. The summed E-state index contributed by atoms with van der Waals surface area (Å²) in [5.41, 5.74) is 6.63. The van der Waals surface area contributed by atoms with Crippen molar-refractivity contribution in [3.8, 4) is 0 Å². The predicted molar refractivity (Wildman–Crippen MR) is 93.5 cm³/mol. The largest absolute Gasteiger partial charge is 0.368 e. The number of likely N-dealkylation sites (N-methyl/N-ethyl adjacent to an activating group) is 1. The lowest BCUT2D eigenvalue weighted by atomic mass is 10.1. The highest BCUT2D eigenvalue weighted by molar-refractivity contribution is 5.81. The van der Waals surface area contributed by atoms with E-state index in [0.29, 0.717) is 24.3 Å². The Kier molecular flexibility index (Phi) is 5.45. The van der Waals surface area contributed by atoms with Gasteiger partial charge in [-0.2, -0.15) is 4.98 Å². The molecule has 2 heterocycles. The zero-order valence-electron chi connectivity index (χ0n) is 14.8. The zero-order valence-corrected chi connectivity index (χ0v) is 14.8. The first-order chi connectivity index (χ1) is 12.1. The summed E-state index contributed by atoms with van der Waals surface area (Å²) in [5, 5.41) is 4.01. The molecule has 0 aliphatic carbocycles. The Morgan fingerprint density at radius 2 is 2.20 bits per heavy atom. The third-order valence-corrected chi connectivity index (χ3v) is 4.77. The quantitative estimate of drug-likeness (QED) is 0.817. The van der Waals surface area contributed by atoms with Crippen LogP contribution in [0.5, 0.6) is 0 Å². The lowest BCUT2D eigenvalue weighted by molar-refractivity contribution is -0.123. The van der Waals surface area contributed by atoms with Gasteiger partial charge in [-0.15, -0.1) is 0 Å². The van der Waals surface area contributed by atoms with Crippen molar-refractivity contribution < 1.29 is 9.32 Å². The van der Waals surface area contributed by atoms with Crippen molar-refractivity contribution in [1.29, 1.82) is 0 Å². The number of amides is 1. The molecule has 1 aromatic carbocycles. The number of carbonyl (C=O) groups excluding carboxylic acids is 1. The normalized spacial score (nSPS) is 19.4. The average molecular weight is 343 g/mol. The molecule has 1 fully saturated rings. The molecule has 2 N–H and O–H groups in total. The van der Waals surface area contributed by atoms with Crippen LogP contribution in [-0.2, 0) is 17.8 Å². The van der Waals surface area contributed by atoms with Crippen LogP contribution in [0.25, 0.3) is 0 Å². The number of primary amides is 1. The van der Waals surface area contributed by atoms with E-state index >= 15 is 0 Å². The number of aromatic nitrogens is 2. The van der Waals surface area contributed by atoms with E-state index in [2.05, 4.69) is 27.0 Å². The fraction of sp³-hybridized carbons (Fsp3) is 0.500. The molecule has 2 atom stereocenters. The molecular weight excluding hydrogens is 318 g/mol. The first kappa shape index (κ1) is 17.6. The standard InChI is InChI=1S/C18H25N5O2/c1-3-16-20-15(21-25-16)12-22(2)14-9-10-23(11-14)17(18(19)24)13-7-5-4-6-8-13/h4-8,14,17H,3,9-12H2,1-2H3,(H2,19,24). The van der Waals surface area contributed by atoms with E-state index in [0.717, 1.165) is 31.5 Å². The molecule has 2 aromatic rings. The van der Waals surface area contributed by atoms with Crippen molar-refractivity contribution in [3.05, 3.63) is 47.6 Å². The lowest BCUT2D eigenvalue weighted by Gasteiger charge is -2.27. The Balaban J connectivity index is 1.64. The maximum absolute atomic E-state index is 12.0. The Morgan fingerprint density at radius 3 is 2.84 bits per heavy atom. The second-order valence-corrected chi connectivity index (χ2v) is 6.53. The molecule has 0 saturated carbocycles. The fourth-order valence-corrected chi connectivity index (χ4v) is 3.40. The number of likely N-dealkylation sites (tertiary alicyclic amines) is 1. The van der Waals surface area contributed by atoms with Crippen molar-refractivity contribution in [1.82, 2.24) is 19.9 Å². The van der Waals surface area contributed by atoms with Gasteiger partial charge in [-0.05, 0) is 19.0 Å². The van der Waals surface area contributed by atoms with Crippen LogP contribution in [0, 0.1) is 0 Å². The number of hydrogen-bond donors (Lipinski definition) is 1. The molecule has 0 spiro atoms. The Labute approximate surface area is 147 Å². The van der Waals surface area contributed by atoms with Crippen molar-refractivity contribution >= 4 is 5.91 Å². The van der Waals surface area contributed by atoms with Gasteiger partial charge in [-0.25, -0.2) is 0 Å². The fourth-order valence-electron chi connectivity index (χ4n) is 3.40. The van der Waals surface area contributed by atoms with E-state index in [-0.39, 0.29) is 11.9 Å². The van der Waals surface area contributed by atoms with Gasteiger partial charge in [0, 0.05) is 25.6 Å². The summed E-state index contributed by atoms with van der Waals surface area (Å²) in [7, 11) is 2.05. The molecule has 7 nitrogen and oxygen atoms in total. The number of carbonyl (C=O) groups is 1. The first-order valence-electron chi connectivity index (χ1n) is 8.68. The van der Waals surface area contributed by atoms with E-state index < -0.39 is 0 Å². The predicted octanol–water partition coefficient (Wildman–Crippen LogP) is 1.36. The van der Waals surface area contributed by atoms with Gasteiger partial charge in [-0.3, -0.25) is 14.6 Å². The van der Waals surface area contributed by atoms with Gasteiger partial charge in [0.25, 0.3) is 0 Å². The third kappa shape index (κ3) is 4.05. The monoisotopic (exact) mass is 343 g/mol. The molecule has 7 heteroatoms. The zero-order chi connectivity index (χ0) is 17.8. The van der Waals surface area contributed by atoms with Crippen LogP contribution < -0.4 is 5.73 Å². The molecule has 1 aliphatic rings. The molecular formula is C18H25N5O2. The van der Waals surface area contributed by atoms with Gasteiger partial charge in [-0.1, -0.05) is 42.4 Å². The molecule has 25 heavy (non-hydrogen) atoms. The van der Waals surface area contributed by atoms with Gasteiger partial charge >= 0.3 is 0 Å². The Hall–Kier alpha value is -2.25. The van der Waals surface area contributed by atoms with Crippen LogP contribution >= 0.6 is 0 Å². The number of benzene rings is 1. The number of hydrogen-bond acceptors (Lipinski definition) is 6. The topological polar surface area (TPSA) is 88.5 Å². The summed E-state index contributed by atoms with van der Waals surface area (Å²) in [6, 6.07) is 9.68.